The highest BCUT2D eigenvalue weighted by Crippen LogP contribution is 2.38. The molecule has 8 nitrogen and oxygen atoms in total. The summed E-state index contributed by atoms with van der Waals surface area (Å²) in [6.07, 6.45) is 1.43. The molecule has 1 fully saturated rings. The fourth-order valence-corrected chi connectivity index (χ4v) is 3.06. The summed E-state index contributed by atoms with van der Waals surface area (Å²) in [5, 5.41) is 10.8. The molecule has 0 bridgehead atoms. The molecular formula is C18H13N3O5. The lowest BCUT2D eigenvalue weighted by Gasteiger charge is -2.18. The molecule has 8 heteroatoms. The van der Waals surface area contributed by atoms with Crippen LogP contribution in [0.4, 0.5) is 11.4 Å². The Hall–Kier alpha value is -3.52. The summed E-state index contributed by atoms with van der Waals surface area (Å²) < 4.78 is 0. The molecule has 0 aliphatic carbocycles. The number of non-ortho nitro benzene ring substituents is 1. The average Bonchev–Trinajstić information content (AvgIpc) is 3.17. The molecule has 2 aromatic carbocycles. The third kappa shape index (κ3) is 2.44. The van der Waals surface area contributed by atoms with Crippen LogP contribution in [0.25, 0.3) is 5.70 Å². The minimum Gasteiger partial charge on any atom is -0.274 e. The van der Waals surface area contributed by atoms with Crippen LogP contribution in [0.3, 0.4) is 0 Å². The van der Waals surface area contributed by atoms with E-state index < -0.39 is 16.4 Å². The van der Waals surface area contributed by atoms with Crippen molar-refractivity contribution >= 4 is 28.9 Å². The van der Waals surface area contributed by atoms with Gasteiger partial charge in [-0.25, -0.2) is 4.90 Å². The molecule has 0 unspecified atom stereocenters. The van der Waals surface area contributed by atoms with Gasteiger partial charge in [-0.1, -0.05) is 18.2 Å². The van der Waals surface area contributed by atoms with Gasteiger partial charge in [0.1, 0.15) is 0 Å². The van der Waals surface area contributed by atoms with Crippen molar-refractivity contribution in [3.63, 3.8) is 0 Å². The van der Waals surface area contributed by atoms with E-state index in [4.69, 9.17) is 4.84 Å². The van der Waals surface area contributed by atoms with Crippen molar-refractivity contribution in [2.45, 2.75) is 12.0 Å². The first kappa shape index (κ1) is 16.0. The van der Waals surface area contributed by atoms with Crippen molar-refractivity contribution in [3.05, 3.63) is 76.4 Å². The van der Waals surface area contributed by atoms with Crippen LogP contribution in [0.15, 0.2) is 60.7 Å². The fourth-order valence-electron chi connectivity index (χ4n) is 3.06. The van der Waals surface area contributed by atoms with Crippen LogP contribution in [0, 0.1) is 10.1 Å². The number of hydrogen-bond acceptors (Lipinski definition) is 6. The number of hydroxylamine groups is 1. The number of nitro benzene ring substituents is 1. The predicted octanol–water partition coefficient (Wildman–Crippen LogP) is 2.17. The normalized spacial score (nSPS) is 21.8. The minimum absolute atomic E-state index is 0.0367. The molecule has 26 heavy (non-hydrogen) atoms. The fraction of sp³-hybridized carbons (Fsp3) is 0.111. The number of rotatable bonds is 3. The van der Waals surface area contributed by atoms with Crippen LogP contribution in [-0.2, 0) is 14.4 Å². The molecule has 2 aliphatic rings. The second-order valence-corrected chi connectivity index (χ2v) is 6.00. The van der Waals surface area contributed by atoms with Crippen LogP contribution in [0.2, 0.25) is 0 Å². The van der Waals surface area contributed by atoms with E-state index in [1.54, 1.807) is 48.5 Å². The van der Waals surface area contributed by atoms with Crippen LogP contribution >= 0.6 is 0 Å². The summed E-state index contributed by atoms with van der Waals surface area (Å²) in [7, 11) is 0. The highest BCUT2D eigenvalue weighted by Gasteiger charge is 2.55. The molecule has 2 amide bonds. The highest BCUT2D eigenvalue weighted by molar-refractivity contribution is 6.25. The third-order valence-electron chi connectivity index (χ3n) is 4.35. The SMILES string of the molecule is O=C1C[C@@]2(C=C(c3ccc([N+](=O)[O-])cc3)NO2)C(=O)N1c1ccccc1. The van der Waals surface area contributed by atoms with Gasteiger partial charge in [0, 0.05) is 17.7 Å². The van der Waals surface area contributed by atoms with E-state index in [0.717, 1.165) is 4.90 Å². The molecule has 0 aromatic heterocycles. The van der Waals surface area contributed by atoms with Gasteiger partial charge in [0.15, 0.2) is 0 Å². The Labute approximate surface area is 147 Å². The van der Waals surface area contributed by atoms with Crippen molar-refractivity contribution in [1.82, 2.24) is 5.48 Å². The Morgan fingerprint density at radius 3 is 2.42 bits per heavy atom. The Morgan fingerprint density at radius 2 is 1.77 bits per heavy atom. The van der Waals surface area contributed by atoms with E-state index in [0.29, 0.717) is 16.9 Å². The zero-order valence-corrected chi connectivity index (χ0v) is 13.4. The number of nitrogens with zero attached hydrogens (tertiary/aromatic N) is 2. The number of benzene rings is 2. The van der Waals surface area contributed by atoms with E-state index in [1.165, 1.54) is 12.1 Å². The molecule has 0 radical (unpaired) electrons. The summed E-state index contributed by atoms with van der Waals surface area (Å²) in [6.45, 7) is 0. The summed E-state index contributed by atoms with van der Waals surface area (Å²) in [5.41, 5.74) is 2.80. The first-order chi connectivity index (χ1) is 12.5. The van der Waals surface area contributed by atoms with Gasteiger partial charge < -0.3 is 0 Å². The Bertz CT molecular complexity index is 939. The Morgan fingerprint density at radius 1 is 1.08 bits per heavy atom. The average molecular weight is 351 g/mol. The second-order valence-electron chi connectivity index (χ2n) is 6.00. The van der Waals surface area contributed by atoms with Gasteiger partial charge in [0.25, 0.3) is 11.6 Å². The molecule has 1 spiro atoms. The number of anilines is 1. The minimum atomic E-state index is -1.41. The van der Waals surface area contributed by atoms with Gasteiger partial charge in [0.05, 0.1) is 22.7 Å². The maximum atomic E-state index is 12.9. The van der Waals surface area contributed by atoms with Crippen LogP contribution in [0.1, 0.15) is 12.0 Å². The van der Waals surface area contributed by atoms with Crippen LogP contribution in [0.5, 0.6) is 0 Å². The van der Waals surface area contributed by atoms with Crippen molar-refractivity contribution in [3.8, 4) is 0 Å². The van der Waals surface area contributed by atoms with Crippen LogP contribution in [-0.4, -0.2) is 22.3 Å². The lowest BCUT2D eigenvalue weighted by Crippen LogP contribution is -2.40. The van der Waals surface area contributed by atoms with Gasteiger partial charge in [-0.05, 0) is 30.3 Å². The summed E-state index contributed by atoms with van der Waals surface area (Å²) in [4.78, 5) is 42.1. The molecule has 2 aromatic rings. The topological polar surface area (TPSA) is 102 Å². The molecule has 4 rings (SSSR count). The number of nitro groups is 1. The number of hydrogen-bond donors (Lipinski definition) is 1. The van der Waals surface area contributed by atoms with E-state index in [2.05, 4.69) is 5.48 Å². The summed E-state index contributed by atoms with van der Waals surface area (Å²) >= 11 is 0. The van der Waals surface area contributed by atoms with Crippen molar-refractivity contribution in [2.24, 2.45) is 0 Å². The first-order valence-corrected chi connectivity index (χ1v) is 7.84. The number of para-hydroxylation sites is 1. The summed E-state index contributed by atoms with van der Waals surface area (Å²) in [6, 6.07) is 14.5. The van der Waals surface area contributed by atoms with E-state index in [1.807, 2.05) is 0 Å². The third-order valence-corrected chi connectivity index (χ3v) is 4.35. The number of nitrogens with one attached hydrogen (secondary N) is 1. The van der Waals surface area contributed by atoms with Crippen molar-refractivity contribution < 1.29 is 19.3 Å². The largest absolute Gasteiger partial charge is 0.274 e. The number of carbonyl (C=O) groups excluding carboxylic acids is 2. The number of carbonyl (C=O) groups is 2. The molecular weight excluding hydrogens is 338 g/mol. The van der Waals surface area contributed by atoms with E-state index in [9.17, 15) is 19.7 Å². The smallest absolute Gasteiger partial charge is 0.273 e. The van der Waals surface area contributed by atoms with Crippen LogP contribution < -0.4 is 10.4 Å². The molecule has 1 N–H and O–H groups in total. The van der Waals surface area contributed by atoms with Gasteiger partial charge in [0.2, 0.25) is 11.5 Å². The quantitative estimate of drug-likeness (QED) is 0.517. The summed E-state index contributed by atoms with van der Waals surface area (Å²) in [5.74, 6) is -0.831. The highest BCUT2D eigenvalue weighted by atomic mass is 16.7. The lowest BCUT2D eigenvalue weighted by atomic mass is 9.99. The van der Waals surface area contributed by atoms with E-state index >= 15 is 0 Å². The first-order valence-electron chi connectivity index (χ1n) is 7.84. The predicted molar refractivity (Wildman–Crippen MR) is 91.6 cm³/mol. The van der Waals surface area contributed by atoms with Gasteiger partial charge in [-0.15, -0.1) is 0 Å². The lowest BCUT2D eigenvalue weighted by molar-refractivity contribution is -0.384. The Kier molecular flexibility index (Phi) is 3.55. The van der Waals surface area contributed by atoms with Gasteiger partial charge in [-0.2, -0.15) is 0 Å². The zero-order chi connectivity index (χ0) is 18.3. The van der Waals surface area contributed by atoms with Crippen molar-refractivity contribution in [1.29, 1.82) is 0 Å². The molecule has 2 heterocycles. The maximum absolute atomic E-state index is 12.9. The molecule has 0 saturated carbocycles. The van der Waals surface area contributed by atoms with Gasteiger partial charge in [-0.3, -0.25) is 30.0 Å². The number of amides is 2. The second kappa shape index (κ2) is 5.78. The molecule has 130 valence electrons. The monoisotopic (exact) mass is 351 g/mol. The maximum Gasteiger partial charge on any atom is 0.273 e. The van der Waals surface area contributed by atoms with Gasteiger partial charge >= 0.3 is 0 Å². The standard InChI is InChI=1S/C18H13N3O5/c22-16-11-18(17(23)20(16)13-4-2-1-3-5-13)10-15(19-26-18)12-6-8-14(9-7-12)21(24)25/h1-10,19H,11H2/t18-/m0/s1. The van der Waals surface area contributed by atoms with Crippen molar-refractivity contribution in [2.75, 3.05) is 4.90 Å². The molecule has 1 atom stereocenters. The van der Waals surface area contributed by atoms with E-state index in [-0.39, 0.29) is 18.0 Å². The number of imide groups is 1. The molecule has 2 aliphatic heterocycles. The molecule has 1 saturated heterocycles. The zero-order valence-electron chi connectivity index (χ0n) is 13.4. The Balaban J connectivity index is 1.65.